The molecule has 6 nitrogen and oxygen atoms in total. The Kier molecular flexibility index (Phi) is 7.17. The molecule has 0 saturated carbocycles. The Labute approximate surface area is 153 Å². The fourth-order valence-electron chi connectivity index (χ4n) is 2.91. The molecule has 1 aromatic rings. The topological polar surface area (TPSA) is 68.8 Å². The van der Waals surface area contributed by atoms with E-state index in [0.29, 0.717) is 37.7 Å². The van der Waals surface area contributed by atoms with Crippen LogP contribution >= 0.6 is 0 Å². The molecule has 0 radical (unpaired) electrons. The molecule has 1 heterocycles. The minimum atomic E-state index is -0.578. The maximum atomic E-state index is 13.9. The number of amides is 1. The van der Waals surface area contributed by atoms with E-state index in [9.17, 15) is 13.6 Å². The van der Waals surface area contributed by atoms with Crippen molar-refractivity contribution in [3.8, 4) is 0 Å². The highest BCUT2D eigenvalue weighted by molar-refractivity contribution is 5.81. The maximum Gasteiger partial charge on any atom is 0.221 e. The van der Waals surface area contributed by atoms with Gasteiger partial charge in [-0.3, -0.25) is 9.79 Å². The lowest BCUT2D eigenvalue weighted by molar-refractivity contribution is -0.121. The van der Waals surface area contributed by atoms with E-state index < -0.39 is 11.6 Å². The molecule has 0 aliphatic carbocycles. The van der Waals surface area contributed by atoms with Crippen LogP contribution in [0, 0.1) is 11.6 Å². The molecule has 1 unspecified atom stereocenters. The second-order valence-electron chi connectivity index (χ2n) is 6.64. The maximum absolute atomic E-state index is 13.9. The molecule has 8 heteroatoms. The molecule has 26 heavy (non-hydrogen) atoms. The van der Waals surface area contributed by atoms with Crippen molar-refractivity contribution in [2.24, 2.45) is 4.99 Å². The van der Waals surface area contributed by atoms with Gasteiger partial charge in [0.2, 0.25) is 5.91 Å². The van der Waals surface area contributed by atoms with Crippen LogP contribution in [0.15, 0.2) is 23.2 Å². The fraction of sp³-hybridized carbons (Fsp3) is 0.556. The Morgan fingerprint density at radius 2 is 2.15 bits per heavy atom. The van der Waals surface area contributed by atoms with Gasteiger partial charge in [0.05, 0.1) is 5.69 Å². The number of carbonyl (C=O) groups excluding carboxylic acids is 1. The molecule has 0 bridgehead atoms. The smallest absolute Gasteiger partial charge is 0.221 e. The Morgan fingerprint density at radius 3 is 2.81 bits per heavy atom. The summed E-state index contributed by atoms with van der Waals surface area (Å²) in [6.45, 7) is 5.58. The number of guanidine groups is 1. The van der Waals surface area contributed by atoms with Gasteiger partial charge >= 0.3 is 0 Å². The van der Waals surface area contributed by atoms with E-state index in [-0.39, 0.29) is 18.0 Å². The van der Waals surface area contributed by atoms with Crippen LogP contribution in [0.2, 0.25) is 0 Å². The molecule has 0 aromatic heterocycles. The van der Waals surface area contributed by atoms with Crippen LogP contribution in [0.4, 0.5) is 14.5 Å². The van der Waals surface area contributed by atoms with Crippen molar-refractivity contribution < 1.29 is 13.6 Å². The number of anilines is 1. The molecule has 1 saturated heterocycles. The van der Waals surface area contributed by atoms with Gasteiger partial charge in [-0.15, -0.1) is 0 Å². The number of aliphatic imine (C=N–C) groups is 1. The molecule has 1 atom stereocenters. The number of nitrogens with zero attached hydrogens (tertiary/aromatic N) is 2. The molecule has 1 amide bonds. The average Bonchev–Trinajstić information content (AvgIpc) is 3.01. The summed E-state index contributed by atoms with van der Waals surface area (Å²) in [4.78, 5) is 17.7. The van der Waals surface area contributed by atoms with E-state index in [0.717, 1.165) is 12.5 Å². The summed E-state index contributed by atoms with van der Waals surface area (Å²) in [5.74, 6) is -0.536. The van der Waals surface area contributed by atoms with E-state index in [1.807, 2.05) is 18.7 Å². The lowest BCUT2D eigenvalue weighted by Gasteiger charge is -2.21. The molecule has 0 spiro atoms. The minimum Gasteiger partial charge on any atom is -0.367 e. The monoisotopic (exact) mass is 367 g/mol. The molecular formula is C18H27F2N5O. The zero-order valence-corrected chi connectivity index (χ0v) is 15.5. The highest BCUT2D eigenvalue weighted by Crippen LogP contribution is 2.24. The van der Waals surface area contributed by atoms with Crippen LogP contribution in [-0.2, 0) is 4.79 Å². The van der Waals surface area contributed by atoms with Crippen LogP contribution < -0.4 is 20.9 Å². The number of rotatable bonds is 6. The van der Waals surface area contributed by atoms with Crippen LogP contribution in [0.25, 0.3) is 0 Å². The van der Waals surface area contributed by atoms with E-state index in [1.165, 1.54) is 12.1 Å². The van der Waals surface area contributed by atoms with Crippen molar-refractivity contribution in [3.05, 3.63) is 29.8 Å². The molecule has 2 rings (SSSR count). The normalized spacial score (nSPS) is 17.5. The number of hydrogen-bond donors (Lipinski definition) is 3. The van der Waals surface area contributed by atoms with Gasteiger partial charge in [0.25, 0.3) is 0 Å². The Morgan fingerprint density at radius 1 is 1.38 bits per heavy atom. The Bertz CT molecular complexity index is 650. The van der Waals surface area contributed by atoms with E-state index in [4.69, 9.17) is 0 Å². The van der Waals surface area contributed by atoms with Gasteiger partial charge in [0, 0.05) is 51.3 Å². The summed E-state index contributed by atoms with van der Waals surface area (Å²) in [5.41, 5.74) is 0.406. The first-order valence-electron chi connectivity index (χ1n) is 8.85. The van der Waals surface area contributed by atoms with Crippen molar-refractivity contribution >= 4 is 17.6 Å². The van der Waals surface area contributed by atoms with Gasteiger partial charge in [-0.2, -0.15) is 0 Å². The van der Waals surface area contributed by atoms with E-state index in [1.54, 1.807) is 7.05 Å². The third-order valence-corrected chi connectivity index (χ3v) is 4.10. The second kappa shape index (κ2) is 9.35. The standard InChI is InChI=1S/C18H27F2N5O/c1-12(2)23-17(26)6-8-22-18(21-3)24-14-7-9-25(11-14)16-5-4-13(19)10-15(16)20/h4-5,10,12,14H,6-9,11H2,1-3H3,(H,23,26)(H2,21,22,24). The summed E-state index contributed by atoms with van der Waals surface area (Å²) in [6.07, 6.45) is 1.17. The number of benzene rings is 1. The first-order valence-corrected chi connectivity index (χ1v) is 8.85. The average molecular weight is 367 g/mol. The molecular weight excluding hydrogens is 340 g/mol. The number of hydrogen-bond acceptors (Lipinski definition) is 3. The Balaban J connectivity index is 1.80. The first-order chi connectivity index (χ1) is 12.4. The quantitative estimate of drug-likeness (QED) is 0.528. The van der Waals surface area contributed by atoms with E-state index >= 15 is 0 Å². The van der Waals surface area contributed by atoms with Gasteiger partial charge in [-0.25, -0.2) is 8.78 Å². The molecule has 1 aliphatic rings. The first kappa shape index (κ1) is 19.9. The highest BCUT2D eigenvalue weighted by atomic mass is 19.1. The number of nitrogens with one attached hydrogen (secondary N) is 3. The highest BCUT2D eigenvalue weighted by Gasteiger charge is 2.25. The number of halogens is 2. The third kappa shape index (κ3) is 5.86. The zero-order chi connectivity index (χ0) is 19.1. The summed E-state index contributed by atoms with van der Waals surface area (Å²) >= 11 is 0. The minimum absolute atomic E-state index is 0.0122. The van der Waals surface area contributed by atoms with Crippen molar-refractivity contribution in [1.29, 1.82) is 0 Å². The molecule has 3 N–H and O–H groups in total. The van der Waals surface area contributed by atoms with Crippen LogP contribution in [0.1, 0.15) is 26.7 Å². The Hall–Kier alpha value is -2.38. The lowest BCUT2D eigenvalue weighted by Crippen LogP contribution is -2.45. The van der Waals surface area contributed by atoms with Crippen LogP contribution in [0.3, 0.4) is 0 Å². The van der Waals surface area contributed by atoms with E-state index in [2.05, 4.69) is 20.9 Å². The molecule has 144 valence electrons. The van der Waals surface area contributed by atoms with Gasteiger partial charge in [-0.05, 0) is 32.4 Å². The molecule has 1 fully saturated rings. The lowest BCUT2D eigenvalue weighted by atomic mass is 10.2. The van der Waals surface area contributed by atoms with Gasteiger partial charge in [0.1, 0.15) is 11.6 Å². The second-order valence-corrected chi connectivity index (χ2v) is 6.64. The summed E-state index contributed by atoms with van der Waals surface area (Å²) in [6, 6.07) is 3.85. The van der Waals surface area contributed by atoms with Crippen molar-refractivity contribution in [1.82, 2.24) is 16.0 Å². The molecule has 1 aromatic carbocycles. The predicted molar refractivity (Wildman–Crippen MR) is 99.4 cm³/mol. The van der Waals surface area contributed by atoms with Gasteiger partial charge in [-0.1, -0.05) is 0 Å². The van der Waals surface area contributed by atoms with Crippen LogP contribution in [-0.4, -0.2) is 50.6 Å². The summed E-state index contributed by atoms with van der Waals surface area (Å²) in [7, 11) is 1.66. The largest absolute Gasteiger partial charge is 0.367 e. The van der Waals surface area contributed by atoms with Crippen molar-refractivity contribution in [3.63, 3.8) is 0 Å². The third-order valence-electron chi connectivity index (χ3n) is 4.10. The van der Waals surface area contributed by atoms with Gasteiger partial charge in [0.15, 0.2) is 5.96 Å². The van der Waals surface area contributed by atoms with Crippen molar-refractivity contribution in [2.75, 3.05) is 31.6 Å². The number of carbonyl (C=O) groups is 1. The molecule has 1 aliphatic heterocycles. The summed E-state index contributed by atoms with van der Waals surface area (Å²) < 4.78 is 27.0. The van der Waals surface area contributed by atoms with Gasteiger partial charge < -0.3 is 20.9 Å². The van der Waals surface area contributed by atoms with Crippen LogP contribution in [0.5, 0.6) is 0 Å². The predicted octanol–water partition coefficient (Wildman–Crippen LogP) is 1.62. The zero-order valence-electron chi connectivity index (χ0n) is 15.5. The van der Waals surface area contributed by atoms with Crippen molar-refractivity contribution in [2.45, 2.75) is 38.8 Å². The summed E-state index contributed by atoms with van der Waals surface area (Å²) in [5, 5.41) is 9.22. The SMILES string of the molecule is CN=C(NCCC(=O)NC(C)C)NC1CCN(c2ccc(F)cc2F)C1. The fourth-order valence-corrected chi connectivity index (χ4v) is 2.91.